The Morgan fingerprint density at radius 3 is 2.56 bits per heavy atom. The number of carbonyl (C=O) groups is 4. The highest BCUT2D eigenvalue weighted by atomic mass is 16.7. The van der Waals surface area contributed by atoms with Crippen molar-refractivity contribution >= 4 is 23.3 Å². The first kappa shape index (κ1) is 27.1. The summed E-state index contributed by atoms with van der Waals surface area (Å²) in [6.07, 6.45) is 12.2. The molecule has 5 aliphatic carbocycles. The van der Waals surface area contributed by atoms with Crippen LogP contribution in [0.2, 0.25) is 0 Å². The Kier molecular flexibility index (Phi) is 6.58. The van der Waals surface area contributed by atoms with Gasteiger partial charge in [0.25, 0.3) is 0 Å². The Morgan fingerprint density at radius 1 is 1.10 bits per heavy atom. The lowest BCUT2D eigenvalue weighted by Gasteiger charge is -2.57. The van der Waals surface area contributed by atoms with Crippen LogP contribution in [0.4, 0.5) is 0 Å². The third-order valence-corrected chi connectivity index (χ3v) is 11.3. The number of ketones is 3. The highest BCUT2D eigenvalue weighted by Crippen LogP contribution is 2.69. The lowest BCUT2D eigenvalue weighted by Crippen LogP contribution is -2.63. The summed E-state index contributed by atoms with van der Waals surface area (Å²) in [5, 5.41) is 0. The van der Waals surface area contributed by atoms with E-state index >= 15 is 0 Å². The molecule has 4 saturated carbocycles. The summed E-state index contributed by atoms with van der Waals surface area (Å²) in [6, 6.07) is 0. The molecule has 0 amide bonds. The van der Waals surface area contributed by atoms with E-state index in [0.717, 1.165) is 44.1 Å². The first-order valence-corrected chi connectivity index (χ1v) is 15.0. The van der Waals surface area contributed by atoms with Crippen LogP contribution in [0.3, 0.4) is 0 Å². The van der Waals surface area contributed by atoms with E-state index in [-0.39, 0.29) is 60.0 Å². The van der Waals surface area contributed by atoms with Crippen LogP contribution >= 0.6 is 0 Å². The zero-order chi connectivity index (χ0) is 27.7. The number of ether oxygens (including phenoxy) is 3. The van der Waals surface area contributed by atoms with Gasteiger partial charge in [0, 0.05) is 29.1 Å². The average Bonchev–Trinajstić information content (AvgIpc) is 3.41. The van der Waals surface area contributed by atoms with Crippen LogP contribution in [0.15, 0.2) is 23.8 Å². The summed E-state index contributed by atoms with van der Waals surface area (Å²) in [7, 11) is 0. The number of Topliss-reactive ketones (excluding diaryl/α,β-unsaturated/α-hetero) is 2. The molecule has 1 aliphatic heterocycles. The monoisotopic (exact) mass is 538 g/mol. The minimum absolute atomic E-state index is 0.0135. The van der Waals surface area contributed by atoms with Gasteiger partial charge in [-0.05, 0) is 56.1 Å². The Balaban J connectivity index is 1.36. The van der Waals surface area contributed by atoms with Crippen LogP contribution in [-0.2, 0) is 33.4 Å². The number of esters is 1. The molecular formula is C32H42O7. The highest BCUT2D eigenvalue weighted by molar-refractivity contribution is 6.02. The molecule has 0 aromatic heterocycles. The number of rotatable bonds is 5. The van der Waals surface area contributed by atoms with Gasteiger partial charge in [0.1, 0.15) is 5.78 Å². The average molecular weight is 539 g/mol. The second kappa shape index (κ2) is 9.47. The van der Waals surface area contributed by atoms with E-state index < -0.39 is 34.8 Å². The molecular weight excluding hydrogens is 496 g/mol. The van der Waals surface area contributed by atoms with Gasteiger partial charge in [-0.25, -0.2) is 0 Å². The van der Waals surface area contributed by atoms with Crippen molar-refractivity contribution in [2.24, 2.45) is 40.4 Å². The van der Waals surface area contributed by atoms with Gasteiger partial charge in [-0.1, -0.05) is 58.6 Å². The molecule has 0 N–H and O–H groups in total. The third-order valence-electron chi connectivity index (χ3n) is 11.3. The van der Waals surface area contributed by atoms with Crippen LogP contribution in [-0.4, -0.2) is 47.9 Å². The van der Waals surface area contributed by atoms with Crippen molar-refractivity contribution in [2.45, 2.75) is 103 Å². The Bertz CT molecular complexity index is 1150. The van der Waals surface area contributed by atoms with E-state index in [4.69, 9.17) is 14.2 Å². The van der Waals surface area contributed by atoms with E-state index in [1.807, 2.05) is 6.08 Å². The maximum atomic E-state index is 14.2. The first-order valence-electron chi connectivity index (χ1n) is 15.0. The molecule has 7 nitrogen and oxygen atoms in total. The Hall–Kier alpha value is -2.12. The van der Waals surface area contributed by atoms with E-state index in [1.165, 1.54) is 6.42 Å². The van der Waals surface area contributed by atoms with Crippen molar-refractivity contribution < 1.29 is 33.4 Å². The van der Waals surface area contributed by atoms with Crippen LogP contribution in [0.25, 0.3) is 0 Å². The first-order chi connectivity index (χ1) is 18.5. The smallest absolute Gasteiger partial charge is 0.308 e. The summed E-state index contributed by atoms with van der Waals surface area (Å²) in [4.78, 5) is 52.8. The van der Waals surface area contributed by atoms with Crippen LogP contribution in [0.1, 0.15) is 85.5 Å². The maximum Gasteiger partial charge on any atom is 0.308 e. The fourth-order valence-electron chi connectivity index (χ4n) is 9.33. The van der Waals surface area contributed by atoms with Crippen molar-refractivity contribution in [3.63, 3.8) is 0 Å². The molecule has 5 fully saturated rings. The number of hydrogen-bond acceptors (Lipinski definition) is 7. The second-order valence-electron chi connectivity index (χ2n) is 13.7. The summed E-state index contributed by atoms with van der Waals surface area (Å²) >= 11 is 0. The standard InChI is InChI=1S/C32H42O7/c1-18(2)28(36)37-17-25(35)32-26(38-29(39-32)19-8-6-5-7-9-19)15-23-22-11-10-20-14-21(33)12-13-30(20,3)27(22)24(34)16-31(23,32)4/h12-14,18-19,22-23,26-27,29H,5-11,15-17H2,1-4H3/t22-,23-,26+,27+,29+,30-,31-,32+/m0/s1. The topological polar surface area (TPSA) is 96.0 Å². The highest BCUT2D eigenvalue weighted by Gasteiger charge is 2.76. The molecule has 0 aromatic rings. The van der Waals surface area contributed by atoms with Crippen LogP contribution in [0, 0.1) is 40.4 Å². The zero-order valence-electron chi connectivity index (χ0n) is 23.7. The van der Waals surface area contributed by atoms with Crippen molar-refractivity contribution in [1.82, 2.24) is 0 Å². The van der Waals surface area contributed by atoms with Crippen LogP contribution < -0.4 is 0 Å². The van der Waals surface area contributed by atoms with Gasteiger partial charge in [-0.2, -0.15) is 0 Å². The van der Waals surface area contributed by atoms with Gasteiger partial charge in [-0.15, -0.1) is 0 Å². The molecule has 0 bridgehead atoms. The van der Waals surface area contributed by atoms with Crippen molar-refractivity contribution in [2.75, 3.05) is 6.61 Å². The summed E-state index contributed by atoms with van der Waals surface area (Å²) < 4.78 is 18.9. The zero-order valence-corrected chi connectivity index (χ0v) is 23.7. The molecule has 1 heterocycles. The SMILES string of the molecule is CC(C)C(=O)OCC(=O)[C@@]12O[C@H](C3CCCCC3)O[C@@H]1C[C@H]1[C@@H]3CCC4=CC(=O)C=C[C@]4(C)[C@H]3C(=O)C[C@@]12C. The molecule has 212 valence electrons. The Labute approximate surface area is 231 Å². The number of hydrogen-bond donors (Lipinski definition) is 0. The third kappa shape index (κ3) is 3.89. The lowest BCUT2D eigenvalue weighted by atomic mass is 9.46. The predicted molar refractivity (Wildman–Crippen MR) is 142 cm³/mol. The molecule has 0 aromatic carbocycles. The van der Waals surface area contributed by atoms with Gasteiger partial charge >= 0.3 is 5.97 Å². The maximum absolute atomic E-state index is 14.2. The molecule has 6 rings (SSSR count). The fraction of sp³-hybridized carbons (Fsp3) is 0.750. The normalized spacial score (nSPS) is 43.4. The summed E-state index contributed by atoms with van der Waals surface area (Å²) in [5.41, 5.74) is -1.51. The minimum atomic E-state index is -1.31. The predicted octanol–water partition coefficient (Wildman–Crippen LogP) is 4.91. The summed E-state index contributed by atoms with van der Waals surface area (Å²) in [6.45, 7) is 7.26. The van der Waals surface area contributed by atoms with Crippen LogP contribution in [0.5, 0.6) is 0 Å². The van der Waals surface area contributed by atoms with E-state index in [9.17, 15) is 19.2 Å². The van der Waals surface area contributed by atoms with Crippen molar-refractivity contribution in [3.8, 4) is 0 Å². The molecule has 8 atom stereocenters. The van der Waals surface area contributed by atoms with E-state index in [2.05, 4.69) is 13.8 Å². The molecule has 7 heteroatoms. The van der Waals surface area contributed by atoms with Crippen molar-refractivity contribution in [3.05, 3.63) is 23.8 Å². The molecule has 39 heavy (non-hydrogen) atoms. The van der Waals surface area contributed by atoms with Crippen molar-refractivity contribution in [1.29, 1.82) is 0 Å². The second-order valence-corrected chi connectivity index (χ2v) is 13.7. The number of carbonyl (C=O) groups excluding carboxylic acids is 4. The Morgan fingerprint density at radius 2 is 1.85 bits per heavy atom. The van der Waals surface area contributed by atoms with Gasteiger partial charge in [0.05, 0.1) is 12.0 Å². The fourth-order valence-corrected chi connectivity index (χ4v) is 9.33. The molecule has 1 saturated heterocycles. The number of allylic oxidation sites excluding steroid dienone is 4. The molecule has 0 unspecified atom stereocenters. The molecule has 0 spiro atoms. The van der Waals surface area contributed by atoms with E-state index in [0.29, 0.717) is 6.42 Å². The van der Waals surface area contributed by atoms with Gasteiger partial charge in [0.15, 0.2) is 24.3 Å². The number of fused-ring (bicyclic) bond motifs is 7. The van der Waals surface area contributed by atoms with E-state index in [1.54, 1.807) is 26.0 Å². The van der Waals surface area contributed by atoms with Gasteiger partial charge in [-0.3, -0.25) is 19.2 Å². The molecule has 6 aliphatic rings. The minimum Gasteiger partial charge on any atom is -0.457 e. The largest absolute Gasteiger partial charge is 0.457 e. The van der Waals surface area contributed by atoms with Gasteiger partial charge in [0.2, 0.25) is 5.78 Å². The quantitative estimate of drug-likeness (QED) is 0.459. The molecule has 0 radical (unpaired) electrons. The lowest BCUT2D eigenvalue weighted by molar-refractivity contribution is -0.198. The summed E-state index contributed by atoms with van der Waals surface area (Å²) in [5.74, 6) is -0.823. The van der Waals surface area contributed by atoms with Gasteiger partial charge < -0.3 is 14.2 Å².